The highest BCUT2D eigenvalue weighted by Gasteiger charge is 2.03. The monoisotopic (exact) mass is 152 g/mol. The molecule has 0 radical (unpaired) electrons. The van der Waals surface area contributed by atoms with Gasteiger partial charge in [0, 0.05) is 12.6 Å². The van der Waals surface area contributed by atoms with Gasteiger partial charge in [-0.1, -0.05) is 5.16 Å². The second-order valence-corrected chi connectivity index (χ2v) is 2.36. The van der Waals surface area contributed by atoms with Crippen molar-refractivity contribution in [3.63, 3.8) is 0 Å². The van der Waals surface area contributed by atoms with Gasteiger partial charge in [-0.05, 0) is 26.1 Å². The van der Waals surface area contributed by atoms with E-state index in [1.807, 2.05) is 33.2 Å². The minimum Gasteiger partial charge on any atom is -0.394 e. The molecule has 0 aromatic carbocycles. The Kier molecular flexibility index (Phi) is 2.31. The van der Waals surface area contributed by atoms with Crippen molar-refractivity contribution < 1.29 is 4.52 Å². The molecule has 0 saturated carbocycles. The lowest BCUT2D eigenvalue weighted by atomic mass is 10.2. The van der Waals surface area contributed by atoms with Crippen LogP contribution in [0.4, 0.5) is 0 Å². The average molecular weight is 152 g/mol. The molecule has 0 fully saturated rings. The fourth-order valence-corrected chi connectivity index (χ4v) is 0.895. The maximum absolute atomic E-state index is 4.96. The molecule has 0 aliphatic rings. The Morgan fingerprint density at radius 2 is 2.18 bits per heavy atom. The first-order valence-corrected chi connectivity index (χ1v) is 3.52. The second-order valence-electron chi connectivity index (χ2n) is 2.36. The van der Waals surface area contributed by atoms with Gasteiger partial charge in [0.1, 0.15) is 5.76 Å². The summed E-state index contributed by atoms with van der Waals surface area (Å²) in [7, 11) is 1.86. The maximum Gasteiger partial charge on any atom is 0.141 e. The molecule has 0 bridgehead atoms. The molecule has 1 rings (SSSR count). The van der Waals surface area contributed by atoms with Crippen molar-refractivity contribution in [2.75, 3.05) is 7.05 Å². The minimum atomic E-state index is 0.856. The van der Waals surface area contributed by atoms with Crippen molar-refractivity contribution in [3.8, 4) is 0 Å². The Morgan fingerprint density at radius 3 is 2.64 bits per heavy atom. The van der Waals surface area contributed by atoms with Crippen LogP contribution in [0, 0.1) is 13.8 Å². The van der Waals surface area contributed by atoms with Crippen molar-refractivity contribution in [3.05, 3.63) is 23.2 Å². The van der Waals surface area contributed by atoms with Crippen LogP contribution in [0.25, 0.3) is 6.08 Å². The molecule has 1 aromatic heterocycles. The van der Waals surface area contributed by atoms with E-state index >= 15 is 0 Å². The summed E-state index contributed by atoms with van der Waals surface area (Å²) in [5.74, 6) is 0.856. The normalized spacial score (nSPS) is 10.8. The van der Waals surface area contributed by atoms with Crippen molar-refractivity contribution in [2.24, 2.45) is 0 Å². The molecule has 0 spiro atoms. The van der Waals surface area contributed by atoms with Gasteiger partial charge in [0.2, 0.25) is 0 Å². The molecule has 0 aliphatic heterocycles. The molecule has 0 unspecified atom stereocenters. The van der Waals surface area contributed by atoms with Crippen LogP contribution in [0.2, 0.25) is 0 Å². The summed E-state index contributed by atoms with van der Waals surface area (Å²) < 4.78 is 4.96. The third-order valence-corrected chi connectivity index (χ3v) is 1.51. The SMILES string of the molecule is CN/C=C/c1c(C)noc1C. The first kappa shape index (κ1) is 7.85. The van der Waals surface area contributed by atoms with Crippen LogP contribution in [0.5, 0.6) is 0 Å². The highest BCUT2D eigenvalue weighted by atomic mass is 16.5. The number of nitrogens with one attached hydrogen (secondary N) is 1. The summed E-state index contributed by atoms with van der Waals surface area (Å²) in [6.45, 7) is 3.82. The van der Waals surface area contributed by atoms with Gasteiger partial charge in [-0.2, -0.15) is 0 Å². The predicted octanol–water partition coefficient (Wildman–Crippen LogP) is 1.48. The zero-order chi connectivity index (χ0) is 8.27. The lowest BCUT2D eigenvalue weighted by molar-refractivity contribution is 0.393. The molecule has 0 saturated heterocycles. The Morgan fingerprint density at radius 1 is 1.45 bits per heavy atom. The highest BCUT2D eigenvalue weighted by Crippen LogP contribution is 2.12. The molecular formula is C8H12N2O. The zero-order valence-electron chi connectivity index (χ0n) is 7.01. The van der Waals surface area contributed by atoms with Crippen LogP contribution >= 0.6 is 0 Å². The van der Waals surface area contributed by atoms with Gasteiger partial charge in [0.15, 0.2) is 0 Å². The predicted molar refractivity (Wildman–Crippen MR) is 44.1 cm³/mol. The number of rotatable bonds is 2. The standard InChI is InChI=1S/C8H12N2O/c1-6-8(4-5-9-3)7(2)11-10-6/h4-5,9H,1-3H3/b5-4+. The molecule has 1 heterocycles. The van der Waals surface area contributed by atoms with Crippen LogP contribution in [0.3, 0.4) is 0 Å². The smallest absolute Gasteiger partial charge is 0.141 e. The summed E-state index contributed by atoms with van der Waals surface area (Å²) in [6.07, 6.45) is 3.80. The van der Waals surface area contributed by atoms with Gasteiger partial charge < -0.3 is 9.84 Å². The van der Waals surface area contributed by atoms with Gasteiger partial charge in [0.05, 0.1) is 5.69 Å². The Hall–Kier alpha value is -1.25. The molecule has 0 amide bonds. The summed E-state index contributed by atoms with van der Waals surface area (Å²) >= 11 is 0. The van der Waals surface area contributed by atoms with E-state index in [1.54, 1.807) is 0 Å². The minimum absolute atomic E-state index is 0.856. The van der Waals surface area contributed by atoms with Gasteiger partial charge in [-0.25, -0.2) is 0 Å². The molecule has 60 valence electrons. The van der Waals surface area contributed by atoms with Gasteiger partial charge in [-0.15, -0.1) is 0 Å². The van der Waals surface area contributed by atoms with Crippen LogP contribution in [-0.4, -0.2) is 12.2 Å². The number of hydrogen-bond acceptors (Lipinski definition) is 3. The molecular weight excluding hydrogens is 140 g/mol. The number of aryl methyl sites for hydroxylation is 2. The van der Waals surface area contributed by atoms with Crippen LogP contribution in [0.15, 0.2) is 10.7 Å². The van der Waals surface area contributed by atoms with E-state index in [0.29, 0.717) is 0 Å². The molecule has 3 heteroatoms. The topological polar surface area (TPSA) is 38.1 Å². The van der Waals surface area contributed by atoms with Crippen LogP contribution in [-0.2, 0) is 0 Å². The van der Waals surface area contributed by atoms with E-state index < -0.39 is 0 Å². The Balaban J connectivity index is 2.92. The van der Waals surface area contributed by atoms with Crippen LogP contribution < -0.4 is 5.32 Å². The van der Waals surface area contributed by atoms with Gasteiger partial charge in [-0.3, -0.25) is 0 Å². The van der Waals surface area contributed by atoms with Crippen molar-refractivity contribution in [1.29, 1.82) is 0 Å². The quantitative estimate of drug-likeness (QED) is 0.697. The lowest BCUT2D eigenvalue weighted by Crippen LogP contribution is -1.91. The van der Waals surface area contributed by atoms with Gasteiger partial charge in [0.25, 0.3) is 0 Å². The van der Waals surface area contributed by atoms with Crippen molar-refractivity contribution >= 4 is 6.08 Å². The maximum atomic E-state index is 4.96. The second kappa shape index (κ2) is 3.23. The largest absolute Gasteiger partial charge is 0.394 e. The Labute approximate surface area is 66.1 Å². The lowest BCUT2D eigenvalue weighted by Gasteiger charge is -1.88. The highest BCUT2D eigenvalue weighted by molar-refractivity contribution is 5.52. The van der Waals surface area contributed by atoms with Crippen molar-refractivity contribution in [2.45, 2.75) is 13.8 Å². The number of nitrogens with zero attached hydrogens (tertiary/aromatic N) is 1. The number of aromatic nitrogens is 1. The van der Waals surface area contributed by atoms with E-state index in [0.717, 1.165) is 17.0 Å². The third kappa shape index (κ3) is 1.61. The molecule has 3 nitrogen and oxygen atoms in total. The third-order valence-electron chi connectivity index (χ3n) is 1.51. The molecule has 1 aromatic rings. The van der Waals surface area contributed by atoms with Crippen LogP contribution in [0.1, 0.15) is 17.0 Å². The van der Waals surface area contributed by atoms with E-state index in [9.17, 15) is 0 Å². The fraction of sp³-hybridized carbons (Fsp3) is 0.375. The first-order chi connectivity index (χ1) is 5.25. The van der Waals surface area contributed by atoms with E-state index in [-0.39, 0.29) is 0 Å². The van der Waals surface area contributed by atoms with E-state index in [1.165, 1.54) is 0 Å². The fourth-order valence-electron chi connectivity index (χ4n) is 0.895. The molecule has 11 heavy (non-hydrogen) atoms. The zero-order valence-corrected chi connectivity index (χ0v) is 7.01. The molecule has 1 N–H and O–H groups in total. The first-order valence-electron chi connectivity index (χ1n) is 3.52. The summed E-state index contributed by atoms with van der Waals surface area (Å²) in [6, 6.07) is 0. The average Bonchev–Trinajstić information content (AvgIpc) is 2.29. The summed E-state index contributed by atoms with van der Waals surface area (Å²) in [5, 5.41) is 6.73. The summed E-state index contributed by atoms with van der Waals surface area (Å²) in [4.78, 5) is 0. The Bertz CT molecular complexity index is 244. The van der Waals surface area contributed by atoms with E-state index in [4.69, 9.17) is 4.52 Å². The molecule has 0 aliphatic carbocycles. The van der Waals surface area contributed by atoms with E-state index in [2.05, 4.69) is 10.5 Å². The van der Waals surface area contributed by atoms with Crippen molar-refractivity contribution in [1.82, 2.24) is 10.5 Å². The van der Waals surface area contributed by atoms with Gasteiger partial charge >= 0.3 is 0 Å². The number of hydrogen-bond donors (Lipinski definition) is 1. The summed E-state index contributed by atoms with van der Waals surface area (Å²) in [5.41, 5.74) is 1.98. The molecule has 0 atom stereocenters.